The Bertz CT molecular complexity index is 1540. The zero-order valence-corrected chi connectivity index (χ0v) is 16.9. The van der Waals surface area contributed by atoms with Crippen molar-refractivity contribution in [1.82, 2.24) is 4.98 Å². The molecular formula is C28H18ClN. The summed E-state index contributed by atoms with van der Waals surface area (Å²) in [4.78, 5) is 3.62. The number of hydrogen-bond acceptors (Lipinski definition) is 0. The third-order valence-electron chi connectivity index (χ3n) is 5.86. The van der Waals surface area contributed by atoms with Gasteiger partial charge < -0.3 is 4.98 Å². The Labute approximate surface area is 179 Å². The molecule has 1 nitrogen and oxygen atoms in total. The molecule has 1 aromatic heterocycles. The summed E-state index contributed by atoms with van der Waals surface area (Å²) in [7, 11) is 0. The Hall–Kier alpha value is -3.55. The number of hydrogen-bond donors (Lipinski definition) is 1. The van der Waals surface area contributed by atoms with Gasteiger partial charge in [-0.15, -0.1) is 0 Å². The number of nitrogens with one attached hydrogen (secondary N) is 1. The molecule has 0 aliphatic carbocycles. The van der Waals surface area contributed by atoms with Crippen molar-refractivity contribution in [2.45, 2.75) is 0 Å². The highest BCUT2D eigenvalue weighted by molar-refractivity contribution is 6.35. The average Bonchev–Trinajstić information content (AvgIpc) is 3.15. The molecule has 0 radical (unpaired) electrons. The zero-order valence-electron chi connectivity index (χ0n) is 16.2. The van der Waals surface area contributed by atoms with E-state index in [1.165, 1.54) is 21.5 Å². The second-order valence-electron chi connectivity index (χ2n) is 7.63. The van der Waals surface area contributed by atoms with E-state index in [1.54, 1.807) is 0 Å². The minimum atomic E-state index is 0.763. The van der Waals surface area contributed by atoms with Crippen LogP contribution in [-0.4, -0.2) is 4.98 Å². The summed E-state index contributed by atoms with van der Waals surface area (Å²) in [5, 5.41) is 5.67. The molecule has 6 aromatic rings. The number of aromatic amines is 1. The second-order valence-corrected chi connectivity index (χ2v) is 8.03. The molecule has 0 bridgehead atoms. The molecule has 30 heavy (non-hydrogen) atoms. The predicted octanol–water partition coefficient (Wildman–Crippen LogP) is 8.46. The van der Waals surface area contributed by atoms with Crippen LogP contribution in [0.15, 0.2) is 103 Å². The summed E-state index contributed by atoms with van der Waals surface area (Å²) in [5.74, 6) is 0. The Kier molecular flexibility index (Phi) is 3.90. The smallest absolute Gasteiger partial charge is 0.0490 e. The first-order valence-electron chi connectivity index (χ1n) is 10.1. The van der Waals surface area contributed by atoms with Crippen molar-refractivity contribution in [3.63, 3.8) is 0 Å². The SMILES string of the molecule is Clc1cccc(-c2ccccc2)c1-c1cccc2[nH]c3cc4ccccc4cc3c12. The van der Waals surface area contributed by atoms with Gasteiger partial charge in [-0.2, -0.15) is 0 Å². The summed E-state index contributed by atoms with van der Waals surface area (Å²) in [6.07, 6.45) is 0. The topological polar surface area (TPSA) is 15.8 Å². The summed E-state index contributed by atoms with van der Waals surface area (Å²) in [5.41, 5.74) is 6.80. The third-order valence-corrected chi connectivity index (χ3v) is 6.17. The average molecular weight is 404 g/mol. The van der Waals surface area contributed by atoms with Crippen LogP contribution in [0.2, 0.25) is 5.02 Å². The van der Waals surface area contributed by atoms with Gasteiger partial charge in [0.05, 0.1) is 0 Å². The lowest BCUT2D eigenvalue weighted by Gasteiger charge is -2.14. The van der Waals surface area contributed by atoms with Crippen molar-refractivity contribution in [3.05, 3.63) is 108 Å². The van der Waals surface area contributed by atoms with Gasteiger partial charge in [-0.3, -0.25) is 0 Å². The van der Waals surface area contributed by atoms with E-state index >= 15 is 0 Å². The number of rotatable bonds is 2. The Morgan fingerprint density at radius 1 is 0.567 bits per heavy atom. The summed E-state index contributed by atoms with van der Waals surface area (Å²) in [6, 6.07) is 36.0. The van der Waals surface area contributed by atoms with E-state index in [2.05, 4.69) is 89.9 Å². The van der Waals surface area contributed by atoms with Crippen LogP contribution in [0.4, 0.5) is 0 Å². The maximum Gasteiger partial charge on any atom is 0.0490 e. The van der Waals surface area contributed by atoms with E-state index in [0.717, 1.165) is 38.3 Å². The lowest BCUT2D eigenvalue weighted by atomic mass is 9.91. The fourth-order valence-corrected chi connectivity index (χ4v) is 4.78. The number of aromatic nitrogens is 1. The fourth-order valence-electron chi connectivity index (χ4n) is 4.51. The van der Waals surface area contributed by atoms with Crippen molar-refractivity contribution >= 4 is 44.2 Å². The van der Waals surface area contributed by atoms with Gasteiger partial charge in [0.25, 0.3) is 0 Å². The van der Waals surface area contributed by atoms with Crippen molar-refractivity contribution < 1.29 is 0 Å². The Balaban J connectivity index is 1.73. The number of H-pyrrole nitrogens is 1. The van der Waals surface area contributed by atoms with Gasteiger partial charge in [-0.1, -0.05) is 90.5 Å². The molecule has 0 fully saturated rings. The van der Waals surface area contributed by atoms with Crippen LogP contribution < -0.4 is 0 Å². The highest BCUT2D eigenvalue weighted by atomic mass is 35.5. The van der Waals surface area contributed by atoms with E-state index in [-0.39, 0.29) is 0 Å². The zero-order chi connectivity index (χ0) is 20.1. The highest BCUT2D eigenvalue weighted by Crippen LogP contribution is 2.43. The molecule has 0 amide bonds. The van der Waals surface area contributed by atoms with Crippen LogP contribution in [0.1, 0.15) is 0 Å². The Morgan fingerprint density at radius 3 is 2.10 bits per heavy atom. The molecular weight excluding hydrogens is 386 g/mol. The van der Waals surface area contributed by atoms with Gasteiger partial charge >= 0.3 is 0 Å². The lowest BCUT2D eigenvalue weighted by molar-refractivity contribution is 1.55. The standard InChI is InChI=1S/C28H18ClN/c29-24-14-6-12-21(18-8-2-1-3-9-18)27(24)22-13-7-15-25-28(22)23-16-19-10-4-5-11-20(19)17-26(23)30-25/h1-17,30H. The third kappa shape index (κ3) is 2.63. The molecule has 0 saturated heterocycles. The molecule has 0 aliphatic heterocycles. The summed E-state index contributed by atoms with van der Waals surface area (Å²) in [6.45, 7) is 0. The van der Waals surface area contributed by atoms with Crippen molar-refractivity contribution in [1.29, 1.82) is 0 Å². The molecule has 0 saturated carbocycles. The quantitative estimate of drug-likeness (QED) is 0.298. The molecule has 0 aliphatic rings. The van der Waals surface area contributed by atoms with Gasteiger partial charge in [0.1, 0.15) is 0 Å². The minimum absolute atomic E-state index is 0.763. The van der Waals surface area contributed by atoms with Crippen LogP contribution in [0.3, 0.4) is 0 Å². The number of benzene rings is 5. The molecule has 0 spiro atoms. The molecule has 5 aromatic carbocycles. The molecule has 0 unspecified atom stereocenters. The number of halogens is 1. The van der Waals surface area contributed by atoms with Crippen molar-refractivity contribution in [2.24, 2.45) is 0 Å². The maximum atomic E-state index is 6.82. The van der Waals surface area contributed by atoms with E-state index in [4.69, 9.17) is 11.6 Å². The van der Waals surface area contributed by atoms with Crippen LogP contribution in [0.25, 0.3) is 54.8 Å². The maximum absolute atomic E-state index is 6.82. The largest absolute Gasteiger partial charge is 0.354 e. The predicted molar refractivity (Wildman–Crippen MR) is 129 cm³/mol. The summed E-state index contributed by atoms with van der Waals surface area (Å²) >= 11 is 6.82. The lowest BCUT2D eigenvalue weighted by Crippen LogP contribution is -1.88. The molecule has 1 heterocycles. The van der Waals surface area contributed by atoms with E-state index in [9.17, 15) is 0 Å². The van der Waals surface area contributed by atoms with E-state index in [1.807, 2.05) is 18.2 Å². The monoisotopic (exact) mass is 403 g/mol. The highest BCUT2D eigenvalue weighted by Gasteiger charge is 2.17. The van der Waals surface area contributed by atoms with Crippen molar-refractivity contribution in [2.75, 3.05) is 0 Å². The fraction of sp³-hybridized carbons (Fsp3) is 0. The van der Waals surface area contributed by atoms with Crippen molar-refractivity contribution in [3.8, 4) is 22.3 Å². The van der Waals surface area contributed by atoms with E-state index in [0.29, 0.717) is 0 Å². The van der Waals surface area contributed by atoms with Gasteiger partial charge in [0.15, 0.2) is 0 Å². The molecule has 2 heteroatoms. The molecule has 0 atom stereocenters. The van der Waals surface area contributed by atoms with E-state index < -0.39 is 0 Å². The van der Waals surface area contributed by atoms with Crippen LogP contribution in [-0.2, 0) is 0 Å². The molecule has 6 rings (SSSR count). The van der Waals surface area contributed by atoms with Crippen LogP contribution in [0.5, 0.6) is 0 Å². The summed E-state index contributed by atoms with van der Waals surface area (Å²) < 4.78 is 0. The minimum Gasteiger partial charge on any atom is -0.354 e. The first-order valence-corrected chi connectivity index (χ1v) is 10.4. The van der Waals surface area contributed by atoms with Crippen LogP contribution >= 0.6 is 11.6 Å². The van der Waals surface area contributed by atoms with Gasteiger partial charge in [0, 0.05) is 32.4 Å². The first kappa shape index (κ1) is 17.3. The molecule has 1 N–H and O–H groups in total. The van der Waals surface area contributed by atoms with Gasteiger partial charge in [-0.05, 0) is 51.7 Å². The first-order chi connectivity index (χ1) is 14.8. The van der Waals surface area contributed by atoms with Gasteiger partial charge in [-0.25, -0.2) is 0 Å². The molecule has 142 valence electrons. The second kappa shape index (κ2) is 6.76. The van der Waals surface area contributed by atoms with Gasteiger partial charge in [0.2, 0.25) is 0 Å². The Morgan fingerprint density at radius 2 is 1.27 bits per heavy atom. The normalized spacial score (nSPS) is 11.5. The number of fused-ring (bicyclic) bond motifs is 4. The van der Waals surface area contributed by atoms with Crippen LogP contribution in [0, 0.1) is 0 Å².